The molecule has 0 spiro atoms. The molecule has 1 N–H and O–H groups in total. The van der Waals surface area contributed by atoms with Gasteiger partial charge in [-0.05, 0) is 34.5 Å². The number of nitrogens with zero attached hydrogens (tertiary/aromatic N) is 2. The maximum atomic E-state index is 12.4. The van der Waals surface area contributed by atoms with E-state index in [9.17, 15) is 9.59 Å². The number of aromatic nitrogens is 2. The Kier molecular flexibility index (Phi) is 4.05. The molecule has 0 unspecified atom stereocenters. The SMILES string of the molecule is Cn1c(=O)n(CC(=O)NCc2ccc3ccccc3c2)c2ccccc21. The summed E-state index contributed by atoms with van der Waals surface area (Å²) in [5.41, 5.74) is 2.43. The molecule has 26 heavy (non-hydrogen) atoms. The normalized spacial score (nSPS) is 11.1. The van der Waals surface area contributed by atoms with Gasteiger partial charge in [0.25, 0.3) is 0 Å². The molecule has 4 aromatic rings. The first-order valence-electron chi connectivity index (χ1n) is 8.52. The predicted molar refractivity (Wildman–Crippen MR) is 103 cm³/mol. The van der Waals surface area contributed by atoms with E-state index in [-0.39, 0.29) is 18.1 Å². The third-order valence-corrected chi connectivity index (χ3v) is 4.66. The first-order valence-corrected chi connectivity index (χ1v) is 8.52. The van der Waals surface area contributed by atoms with E-state index < -0.39 is 0 Å². The van der Waals surface area contributed by atoms with Crippen LogP contribution >= 0.6 is 0 Å². The summed E-state index contributed by atoms with van der Waals surface area (Å²) in [6, 6.07) is 21.7. The lowest BCUT2D eigenvalue weighted by Gasteiger charge is -2.07. The molecule has 0 aliphatic carbocycles. The van der Waals surface area contributed by atoms with E-state index in [1.807, 2.05) is 48.5 Å². The standard InChI is InChI=1S/C21H19N3O2/c1-23-18-8-4-5-9-19(18)24(21(23)26)14-20(25)22-13-15-10-11-16-6-2-3-7-17(16)12-15/h2-12H,13-14H2,1H3,(H,22,25). The van der Waals surface area contributed by atoms with Gasteiger partial charge in [0.1, 0.15) is 6.54 Å². The third-order valence-electron chi connectivity index (χ3n) is 4.66. The summed E-state index contributed by atoms with van der Waals surface area (Å²) in [4.78, 5) is 24.8. The summed E-state index contributed by atoms with van der Waals surface area (Å²) < 4.78 is 3.07. The lowest BCUT2D eigenvalue weighted by Crippen LogP contribution is -2.32. The number of hydrogen-bond donors (Lipinski definition) is 1. The molecule has 0 bridgehead atoms. The second-order valence-corrected chi connectivity index (χ2v) is 6.37. The lowest BCUT2D eigenvalue weighted by molar-refractivity contribution is -0.121. The van der Waals surface area contributed by atoms with E-state index in [0.29, 0.717) is 6.54 Å². The first-order chi connectivity index (χ1) is 12.6. The second-order valence-electron chi connectivity index (χ2n) is 6.37. The molecule has 0 atom stereocenters. The van der Waals surface area contributed by atoms with Crippen LogP contribution in [0.1, 0.15) is 5.56 Å². The van der Waals surface area contributed by atoms with Gasteiger partial charge in [-0.3, -0.25) is 13.9 Å². The number of hydrogen-bond acceptors (Lipinski definition) is 2. The molecule has 130 valence electrons. The Morgan fingerprint density at radius 2 is 1.62 bits per heavy atom. The van der Waals surface area contributed by atoms with E-state index in [4.69, 9.17) is 0 Å². The van der Waals surface area contributed by atoms with Crippen molar-refractivity contribution >= 4 is 27.7 Å². The molecule has 0 saturated carbocycles. The van der Waals surface area contributed by atoms with Crippen LogP contribution < -0.4 is 11.0 Å². The van der Waals surface area contributed by atoms with Crippen LogP contribution in [0, 0.1) is 0 Å². The topological polar surface area (TPSA) is 56.0 Å². The van der Waals surface area contributed by atoms with Crippen molar-refractivity contribution in [2.45, 2.75) is 13.1 Å². The number of para-hydroxylation sites is 2. The number of fused-ring (bicyclic) bond motifs is 2. The van der Waals surface area contributed by atoms with Crippen molar-refractivity contribution < 1.29 is 4.79 Å². The molecule has 0 aliphatic heterocycles. The van der Waals surface area contributed by atoms with E-state index in [0.717, 1.165) is 22.0 Å². The Labute approximate surface area is 150 Å². The number of aryl methyl sites for hydroxylation is 1. The molecule has 0 fully saturated rings. The van der Waals surface area contributed by atoms with E-state index >= 15 is 0 Å². The molecule has 0 saturated heterocycles. The number of amides is 1. The highest BCUT2D eigenvalue weighted by molar-refractivity contribution is 5.83. The van der Waals surface area contributed by atoms with Gasteiger partial charge in [-0.2, -0.15) is 0 Å². The average Bonchev–Trinajstić information content (AvgIpc) is 2.91. The van der Waals surface area contributed by atoms with Crippen LogP contribution in [0.5, 0.6) is 0 Å². The van der Waals surface area contributed by atoms with Gasteiger partial charge in [0.15, 0.2) is 0 Å². The summed E-state index contributed by atoms with van der Waals surface area (Å²) in [7, 11) is 1.72. The minimum atomic E-state index is -0.188. The van der Waals surface area contributed by atoms with Gasteiger partial charge in [-0.15, -0.1) is 0 Å². The number of benzene rings is 3. The Bertz CT molecular complexity index is 1170. The molecule has 0 radical (unpaired) electrons. The van der Waals surface area contributed by atoms with Crippen LogP contribution in [0.2, 0.25) is 0 Å². The van der Waals surface area contributed by atoms with Gasteiger partial charge in [0.05, 0.1) is 11.0 Å². The summed E-state index contributed by atoms with van der Waals surface area (Å²) in [6.07, 6.45) is 0. The van der Waals surface area contributed by atoms with Gasteiger partial charge in [-0.25, -0.2) is 4.79 Å². The molecule has 5 nitrogen and oxygen atoms in total. The molecular weight excluding hydrogens is 326 g/mol. The Morgan fingerprint density at radius 3 is 2.42 bits per heavy atom. The maximum absolute atomic E-state index is 12.4. The molecule has 0 aliphatic rings. The number of rotatable bonds is 4. The van der Waals surface area contributed by atoms with E-state index in [2.05, 4.69) is 23.5 Å². The Hall–Kier alpha value is -3.34. The van der Waals surface area contributed by atoms with Crippen LogP contribution in [-0.2, 0) is 24.9 Å². The lowest BCUT2D eigenvalue weighted by atomic mass is 10.1. The molecule has 5 heteroatoms. The van der Waals surface area contributed by atoms with Gasteiger partial charge >= 0.3 is 5.69 Å². The van der Waals surface area contributed by atoms with Gasteiger partial charge < -0.3 is 5.32 Å². The van der Waals surface area contributed by atoms with Gasteiger partial charge in [0, 0.05) is 13.6 Å². The predicted octanol–water partition coefficient (Wildman–Crippen LogP) is 2.81. The van der Waals surface area contributed by atoms with Gasteiger partial charge in [-0.1, -0.05) is 48.5 Å². The van der Waals surface area contributed by atoms with Crippen molar-refractivity contribution in [1.82, 2.24) is 14.5 Å². The molecule has 3 aromatic carbocycles. The number of nitrogens with one attached hydrogen (secondary N) is 1. The molecule has 4 rings (SSSR count). The van der Waals surface area contributed by atoms with Crippen LogP contribution in [-0.4, -0.2) is 15.0 Å². The summed E-state index contributed by atoms with van der Waals surface area (Å²) in [6.45, 7) is 0.441. The maximum Gasteiger partial charge on any atom is 0.329 e. The number of carbonyl (C=O) groups excluding carboxylic acids is 1. The fourth-order valence-corrected chi connectivity index (χ4v) is 3.26. The van der Waals surface area contributed by atoms with E-state index in [1.165, 1.54) is 9.95 Å². The Balaban J connectivity index is 1.51. The van der Waals surface area contributed by atoms with Crippen molar-refractivity contribution in [3.8, 4) is 0 Å². The smallest absolute Gasteiger partial charge is 0.329 e. The largest absolute Gasteiger partial charge is 0.350 e. The third kappa shape index (κ3) is 2.88. The molecule has 1 aromatic heterocycles. The van der Waals surface area contributed by atoms with Crippen molar-refractivity contribution in [3.63, 3.8) is 0 Å². The highest BCUT2D eigenvalue weighted by Gasteiger charge is 2.13. The second kappa shape index (κ2) is 6.52. The number of imidazole rings is 1. The van der Waals surface area contributed by atoms with Crippen molar-refractivity contribution in [2.75, 3.05) is 0 Å². The van der Waals surface area contributed by atoms with Crippen molar-refractivity contribution in [3.05, 3.63) is 82.8 Å². The van der Waals surface area contributed by atoms with Crippen molar-refractivity contribution in [1.29, 1.82) is 0 Å². The summed E-state index contributed by atoms with van der Waals surface area (Å²) >= 11 is 0. The van der Waals surface area contributed by atoms with Crippen LogP contribution in [0.15, 0.2) is 71.5 Å². The molecular formula is C21H19N3O2. The summed E-state index contributed by atoms with van der Waals surface area (Å²) in [5, 5.41) is 5.22. The minimum Gasteiger partial charge on any atom is -0.350 e. The molecule has 1 heterocycles. The highest BCUT2D eigenvalue weighted by atomic mass is 16.2. The zero-order valence-corrected chi connectivity index (χ0v) is 14.5. The fourth-order valence-electron chi connectivity index (χ4n) is 3.26. The zero-order chi connectivity index (χ0) is 18.1. The van der Waals surface area contributed by atoms with E-state index in [1.54, 1.807) is 11.6 Å². The van der Waals surface area contributed by atoms with Crippen LogP contribution in [0.3, 0.4) is 0 Å². The first kappa shape index (κ1) is 16.1. The monoisotopic (exact) mass is 345 g/mol. The van der Waals surface area contributed by atoms with Crippen LogP contribution in [0.4, 0.5) is 0 Å². The summed E-state index contributed by atoms with van der Waals surface area (Å²) in [5.74, 6) is -0.184. The quantitative estimate of drug-likeness (QED) is 0.618. The average molecular weight is 345 g/mol. The minimum absolute atomic E-state index is 0.00771. The number of carbonyl (C=O) groups is 1. The Morgan fingerprint density at radius 1 is 0.923 bits per heavy atom. The fraction of sp³-hybridized carbons (Fsp3) is 0.143. The van der Waals surface area contributed by atoms with Crippen LogP contribution in [0.25, 0.3) is 21.8 Å². The van der Waals surface area contributed by atoms with Crippen molar-refractivity contribution in [2.24, 2.45) is 7.05 Å². The zero-order valence-electron chi connectivity index (χ0n) is 14.5. The highest BCUT2D eigenvalue weighted by Crippen LogP contribution is 2.15. The molecule has 1 amide bonds. The van der Waals surface area contributed by atoms with Gasteiger partial charge in [0.2, 0.25) is 5.91 Å².